The first-order valence-corrected chi connectivity index (χ1v) is 14.3. The number of likely N-dealkylation sites (N-methyl/N-ethyl adjacent to an activating group) is 1. The molecule has 0 aliphatic carbocycles. The van der Waals surface area contributed by atoms with Crippen LogP contribution in [0.2, 0.25) is 0 Å². The Morgan fingerprint density at radius 2 is 1.45 bits per heavy atom. The molecule has 0 aliphatic rings. The van der Waals surface area contributed by atoms with Gasteiger partial charge in [0.25, 0.3) is 10.0 Å². The van der Waals surface area contributed by atoms with Gasteiger partial charge in [-0.2, -0.15) is 0 Å². The number of para-hydroxylation sites is 1. The Labute approximate surface area is 226 Å². The maximum Gasteiger partial charge on any atom is 0.264 e. The predicted octanol–water partition coefficient (Wildman–Crippen LogP) is 4.75. The van der Waals surface area contributed by atoms with Gasteiger partial charge in [0.05, 0.1) is 10.6 Å². The van der Waals surface area contributed by atoms with Crippen LogP contribution in [0, 0.1) is 20.8 Å². The van der Waals surface area contributed by atoms with E-state index >= 15 is 0 Å². The van der Waals surface area contributed by atoms with Crippen molar-refractivity contribution in [3.63, 3.8) is 0 Å². The van der Waals surface area contributed by atoms with Crippen molar-refractivity contribution in [2.24, 2.45) is 0 Å². The summed E-state index contributed by atoms with van der Waals surface area (Å²) in [7, 11) is -4.08. The van der Waals surface area contributed by atoms with Gasteiger partial charge in [-0.15, -0.1) is 0 Å². The molecule has 0 aromatic heterocycles. The summed E-state index contributed by atoms with van der Waals surface area (Å²) in [6.45, 7) is 9.49. The lowest BCUT2D eigenvalue weighted by molar-refractivity contribution is -0.140. The van der Waals surface area contributed by atoms with Crippen LogP contribution in [-0.4, -0.2) is 44.3 Å². The van der Waals surface area contributed by atoms with Gasteiger partial charge in [-0.25, -0.2) is 8.42 Å². The van der Waals surface area contributed by atoms with Crippen molar-refractivity contribution >= 4 is 27.5 Å². The first-order valence-electron chi connectivity index (χ1n) is 12.9. The molecular weight excluding hydrogens is 498 g/mol. The number of rotatable bonds is 11. The summed E-state index contributed by atoms with van der Waals surface area (Å²) >= 11 is 0. The quantitative estimate of drug-likeness (QED) is 0.384. The van der Waals surface area contributed by atoms with Gasteiger partial charge in [0.1, 0.15) is 12.6 Å². The van der Waals surface area contributed by atoms with E-state index in [4.69, 9.17) is 0 Å². The van der Waals surface area contributed by atoms with Crippen LogP contribution >= 0.6 is 0 Å². The highest BCUT2D eigenvalue weighted by Gasteiger charge is 2.34. The number of anilines is 1. The van der Waals surface area contributed by atoms with E-state index in [1.807, 2.05) is 71.0 Å². The second-order valence-corrected chi connectivity index (χ2v) is 11.2. The van der Waals surface area contributed by atoms with Gasteiger partial charge >= 0.3 is 0 Å². The van der Waals surface area contributed by atoms with E-state index in [9.17, 15) is 18.0 Å². The summed E-state index contributed by atoms with van der Waals surface area (Å²) < 4.78 is 29.0. The van der Waals surface area contributed by atoms with Gasteiger partial charge in [-0.05, 0) is 69.0 Å². The molecule has 202 valence electrons. The molecule has 3 rings (SSSR count). The van der Waals surface area contributed by atoms with Crippen LogP contribution in [-0.2, 0) is 26.2 Å². The van der Waals surface area contributed by atoms with Gasteiger partial charge in [-0.1, -0.05) is 67.1 Å². The lowest BCUT2D eigenvalue weighted by Crippen LogP contribution is -2.52. The van der Waals surface area contributed by atoms with E-state index in [0.29, 0.717) is 18.7 Å². The molecule has 0 saturated carbocycles. The Morgan fingerprint density at radius 3 is 2.03 bits per heavy atom. The lowest BCUT2D eigenvalue weighted by Gasteiger charge is -2.33. The number of benzene rings is 3. The van der Waals surface area contributed by atoms with Gasteiger partial charge in [0, 0.05) is 13.1 Å². The van der Waals surface area contributed by atoms with Crippen LogP contribution in [0.1, 0.15) is 42.5 Å². The molecule has 8 heteroatoms. The van der Waals surface area contributed by atoms with Crippen molar-refractivity contribution in [2.75, 3.05) is 17.4 Å². The Hall–Kier alpha value is -3.65. The molecule has 3 aromatic rings. The van der Waals surface area contributed by atoms with Gasteiger partial charge in [0.15, 0.2) is 0 Å². The molecule has 0 bridgehead atoms. The predicted molar refractivity (Wildman–Crippen MR) is 151 cm³/mol. The van der Waals surface area contributed by atoms with Crippen molar-refractivity contribution in [3.8, 4) is 0 Å². The van der Waals surface area contributed by atoms with Crippen molar-refractivity contribution in [3.05, 3.63) is 95.1 Å². The van der Waals surface area contributed by atoms with Crippen molar-refractivity contribution < 1.29 is 18.0 Å². The third kappa shape index (κ3) is 6.61. The number of carbonyl (C=O) groups is 2. The molecule has 0 aliphatic heterocycles. The van der Waals surface area contributed by atoms with E-state index in [2.05, 4.69) is 5.32 Å². The molecule has 38 heavy (non-hydrogen) atoms. The van der Waals surface area contributed by atoms with Crippen molar-refractivity contribution in [2.45, 2.75) is 58.5 Å². The first-order chi connectivity index (χ1) is 18.1. The highest BCUT2D eigenvalue weighted by molar-refractivity contribution is 7.92. The third-order valence-electron chi connectivity index (χ3n) is 6.61. The van der Waals surface area contributed by atoms with Crippen LogP contribution < -0.4 is 9.62 Å². The molecule has 0 unspecified atom stereocenters. The number of nitrogens with zero attached hydrogens (tertiary/aromatic N) is 2. The molecule has 0 fully saturated rings. The molecule has 1 N–H and O–H groups in total. The summed E-state index contributed by atoms with van der Waals surface area (Å²) in [6, 6.07) is 20.6. The minimum Gasteiger partial charge on any atom is -0.355 e. The normalized spacial score (nSPS) is 12.0. The molecule has 0 radical (unpaired) electrons. The molecule has 1 atom stereocenters. The number of nitrogens with one attached hydrogen (secondary N) is 1. The Bertz CT molecular complexity index is 1370. The monoisotopic (exact) mass is 535 g/mol. The fourth-order valence-corrected chi connectivity index (χ4v) is 5.86. The summed E-state index contributed by atoms with van der Waals surface area (Å²) in [5.74, 6) is -0.717. The van der Waals surface area contributed by atoms with Crippen LogP contribution in [0.15, 0.2) is 77.7 Å². The number of sulfonamides is 1. The first kappa shape index (κ1) is 28.9. The smallest absolute Gasteiger partial charge is 0.264 e. The zero-order valence-corrected chi connectivity index (χ0v) is 23.6. The van der Waals surface area contributed by atoms with Crippen LogP contribution in [0.4, 0.5) is 5.69 Å². The van der Waals surface area contributed by atoms with Gasteiger partial charge < -0.3 is 10.2 Å². The van der Waals surface area contributed by atoms with Crippen molar-refractivity contribution in [1.82, 2.24) is 10.2 Å². The average molecular weight is 536 g/mol. The fourth-order valence-electron chi connectivity index (χ4n) is 4.38. The number of carbonyl (C=O) groups excluding carboxylic acids is 2. The minimum absolute atomic E-state index is 0.0976. The van der Waals surface area contributed by atoms with E-state index in [0.717, 1.165) is 26.6 Å². The molecule has 2 amide bonds. The molecule has 0 saturated heterocycles. The largest absolute Gasteiger partial charge is 0.355 e. The van der Waals surface area contributed by atoms with Crippen LogP contribution in [0.3, 0.4) is 0 Å². The van der Waals surface area contributed by atoms with Crippen molar-refractivity contribution in [1.29, 1.82) is 0 Å². The van der Waals surface area contributed by atoms with E-state index in [-0.39, 0.29) is 17.3 Å². The summed E-state index contributed by atoms with van der Waals surface area (Å²) in [5, 5.41) is 2.82. The second-order valence-electron chi connectivity index (χ2n) is 9.38. The third-order valence-corrected chi connectivity index (χ3v) is 8.38. The molecule has 0 heterocycles. The average Bonchev–Trinajstić information content (AvgIpc) is 2.89. The van der Waals surface area contributed by atoms with Gasteiger partial charge in [0.2, 0.25) is 11.8 Å². The Morgan fingerprint density at radius 1 is 0.842 bits per heavy atom. The molecule has 7 nitrogen and oxygen atoms in total. The maximum atomic E-state index is 14.0. The second kappa shape index (κ2) is 12.7. The number of hydrogen-bond donors (Lipinski definition) is 1. The number of aryl methyl sites for hydroxylation is 3. The van der Waals surface area contributed by atoms with Gasteiger partial charge in [-0.3, -0.25) is 13.9 Å². The Kier molecular flexibility index (Phi) is 9.69. The maximum absolute atomic E-state index is 14.0. The minimum atomic E-state index is -4.08. The number of hydrogen-bond acceptors (Lipinski definition) is 4. The Balaban J connectivity index is 2.08. The SMILES string of the molecule is CCNC(=O)[C@@H](CC)N(Cc1ccccc1C)C(=O)CN(c1ccccc1C)S(=O)(=O)c1ccc(C)cc1. The molecule has 3 aromatic carbocycles. The zero-order valence-electron chi connectivity index (χ0n) is 22.8. The lowest BCUT2D eigenvalue weighted by atomic mass is 10.1. The molecule has 0 spiro atoms. The topological polar surface area (TPSA) is 86.8 Å². The van der Waals surface area contributed by atoms with E-state index < -0.39 is 28.5 Å². The van der Waals surface area contributed by atoms with E-state index in [1.165, 1.54) is 4.90 Å². The standard InChI is InChI=1S/C30H37N3O4S/c1-6-27(30(35)31-7-2)32(20-25-14-10-8-12-23(25)4)29(34)21-33(28-15-11-9-13-24(28)5)38(36,37)26-18-16-22(3)17-19-26/h8-19,27H,6-7,20-21H2,1-5H3,(H,31,35)/t27-/m1/s1. The fraction of sp³-hybridized carbons (Fsp3) is 0.333. The van der Waals surface area contributed by atoms with Crippen LogP contribution in [0.5, 0.6) is 0 Å². The van der Waals surface area contributed by atoms with Crippen LogP contribution in [0.25, 0.3) is 0 Å². The highest BCUT2D eigenvalue weighted by Crippen LogP contribution is 2.28. The number of amides is 2. The zero-order chi connectivity index (χ0) is 27.9. The summed E-state index contributed by atoms with van der Waals surface area (Å²) in [4.78, 5) is 28.7. The highest BCUT2D eigenvalue weighted by atomic mass is 32.2. The summed E-state index contributed by atoms with van der Waals surface area (Å²) in [5.41, 5.74) is 3.95. The molecular formula is C30H37N3O4S. The van der Waals surface area contributed by atoms with E-state index in [1.54, 1.807) is 36.4 Å². The summed E-state index contributed by atoms with van der Waals surface area (Å²) in [6.07, 6.45) is 0.387.